The summed E-state index contributed by atoms with van der Waals surface area (Å²) >= 11 is 0. The Hall–Kier alpha value is -0.840. The predicted molar refractivity (Wildman–Crippen MR) is 76.1 cm³/mol. The summed E-state index contributed by atoms with van der Waals surface area (Å²) in [5.41, 5.74) is 0.246. The third kappa shape index (κ3) is 4.34. The summed E-state index contributed by atoms with van der Waals surface area (Å²) in [6.07, 6.45) is 4.14. The van der Waals surface area contributed by atoms with Crippen LogP contribution in [0.4, 0.5) is 0 Å². The molecule has 1 saturated heterocycles. The largest absolute Gasteiger partial charge is 0.468 e. The molecule has 0 aromatic carbocycles. The molecule has 0 bridgehead atoms. The molecule has 1 fully saturated rings. The van der Waals surface area contributed by atoms with Gasteiger partial charge in [0.15, 0.2) is 0 Å². The Bertz CT molecular complexity index is 345. The lowest BCUT2D eigenvalue weighted by Gasteiger charge is -2.40. The third-order valence-corrected chi connectivity index (χ3v) is 3.77. The minimum Gasteiger partial charge on any atom is -0.468 e. The van der Waals surface area contributed by atoms with Crippen LogP contribution in [0.2, 0.25) is 0 Å². The molecule has 0 amide bonds. The van der Waals surface area contributed by atoms with E-state index in [4.69, 9.17) is 9.15 Å². The van der Waals surface area contributed by atoms with Gasteiger partial charge in [-0.2, -0.15) is 0 Å². The van der Waals surface area contributed by atoms with Crippen molar-refractivity contribution in [3.05, 3.63) is 24.2 Å². The monoisotopic (exact) mass is 266 g/mol. The molecule has 0 radical (unpaired) electrons. The summed E-state index contributed by atoms with van der Waals surface area (Å²) in [7, 11) is 2.16. The number of nitrogens with zero attached hydrogens (tertiary/aromatic N) is 1. The maximum Gasteiger partial charge on any atom is 0.117 e. The van der Waals surface area contributed by atoms with Crippen LogP contribution in [0, 0.1) is 5.41 Å². The van der Waals surface area contributed by atoms with Crippen molar-refractivity contribution in [2.24, 2.45) is 5.41 Å². The first kappa shape index (κ1) is 14.6. The SMILES string of the molecule is CCNCC1(CN(C)Cc2ccco2)CCCOC1. The molecule has 0 saturated carbocycles. The van der Waals surface area contributed by atoms with Crippen LogP contribution in [0.3, 0.4) is 0 Å². The maximum absolute atomic E-state index is 5.73. The Labute approximate surface area is 116 Å². The number of nitrogens with one attached hydrogen (secondary N) is 1. The topological polar surface area (TPSA) is 37.6 Å². The highest BCUT2D eigenvalue weighted by Gasteiger charge is 2.33. The van der Waals surface area contributed by atoms with E-state index in [1.54, 1.807) is 6.26 Å². The van der Waals surface area contributed by atoms with Gasteiger partial charge in [0, 0.05) is 25.1 Å². The lowest BCUT2D eigenvalue weighted by atomic mass is 9.81. The van der Waals surface area contributed by atoms with Crippen LogP contribution in [0.25, 0.3) is 0 Å². The zero-order valence-corrected chi connectivity index (χ0v) is 12.2. The van der Waals surface area contributed by atoms with Crippen LogP contribution >= 0.6 is 0 Å². The van der Waals surface area contributed by atoms with Crippen molar-refractivity contribution < 1.29 is 9.15 Å². The van der Waals surface area contributed by atoms with Gasteiger partial charge in [-0.15, -0.1) is 0 Å². The molecule has 2 heterocycles. The molecule has 19 heavy (non-hydrogen) atoms. The van der Waals surface area contributed by atoms with Crippen LogP contribution < -0.4 is 5.32 Å². The van der Waals surface area contributed by atoms with E-state index in [-0.39, 0.29) is 5.41 Å². The minimum absolute atomic E-state index is 0.246. The fourth-order valence-electron chi connectivity index (χ4n) is 2.92. The Kier molecular flexibility index (Phi) is 5.43. The molecule has 4 heteroatoms. The van der Waals surface area contributed by atoms with Gasteiger partial charge in [-0.25, -0.2) is 0 Å². The predicted octanol–water partition coefficient (Wildman–Crippen LogP) is 2.12. The highest BCUT2D eigenvalue weighted by Crippen LogP contribution is 2.29. The van der Waals surface area contributed by atoms with Gasteiger partial charge < -0.3 is 14.5 Å². The van der Waals surface area contributed by atoms with Gasteiger partial charge in [0.2, 0.25) is 0 Å². The van der Waals surface area contributed by atoms with Crippen LogP contribution in [0.15, 0.2) is 22.8 Å². The van der Waals surface area contributed by atoms with Gasteiger partial charge in [0.25, 0.3) is 0 Å². The summed E-state index contributed by atoms with van der Waals surface area (Å²) < 4.78 is 11.1. The Balaban J connectivity index is 1.90. The Morgan fingerprint density at radius 2 is 2.37 bits per heavy atom. The number of hydrogen-bond acceptors (Lipinski definition) is 4. The Morgan fingerprint density at radius 3 is 3.00 bits per heavy atom. The van der Waals surface area contributed by atoms with Crippen molar-refractivity contribution in [2.75, 3.05) is 39.9 Å². The second kappa shape index (κ2) is 7.08. The van der Waals surface area contributed by atoms with E-state index in [0.717, 1.165) is 45.2 Å². The molecular formula is C15H26N2O2. The summed E-state index contributed by atoms with van der Waals surface area (Å²) in [5, 5.41) is 3.49. The molecule has 2 rings (SSSR count). The summed E-state index contributed by atoms with van der Waals surface area (Å²) in [5.74, 6) is 1.03. The Morgan fingerprint density at radius 1 is 1.47 bits per heavy atom. The molecule has 1 aromatic rings. The first-order valence-corrected chi connectivity index (χ1v) is 7.23. The molecule has 1 unspecified atom stereocenters. The van der Waals surface area contributed by atoms with E-state index in [9.17, 15) is 0 Å². The van der Waals surface area contributed by atoms with E-state index in [2.05, 4.69) is 24.2 Å². The highest BCUT2D eigenvalue weighted by molar-refractivity contribution is 4.98. The lowest BCUT2D eigenvalue weighted by Crippen LogP contribution is -2.48. The van der Waals surface area contributed by atoms with Crippen molar-refractivity contribution in [3.8, 4) is 0 Å². The molecule has 108 valence electrons. The summed E-state index contributed by atoms with van der Waals surface area (Å²) in [6.45, 7) is 7.89. The molecule has 4 nitrogen and oxygen atoms in total. The molecule has 1 N–H and O–H groups in total. The number of furan rings is 1. The van der Waals surface area contributed by atoms with E-state index >= 15 is 0 Å². The summed E-state index contributed by atoms with van der Waals surface area (Å²) in [4.78, 5) is 2.34. The second-order valence-electron chi connectivity index (χ2n) is 5.69. The normalized spacial score (nSPS) is 23.9. The van der Waals surface area contributed by atoms with Crippen molar-refractivity contribution in [2.45, 2.75) is 26.3 Å². The highest BCUT2D eigenvalue weighted by atomic mass is 16.5. The zero-order valence-electron chi connectivity index (χ0n) is 12.2. The van der Waals surface area contributed by atoms with E-state index in [0.29, 0.717) is 0 Å². The average Bonchev–Trinajstić information content (AvgIpc) is 2.90. The molecule has 1 aliphatic rings. The standard InChI is InChI=1S/C15H26N2O2/c1-3-16-11-15(7-5-8-18-13-15)12-17(2)10-14-6-4-9-19-14/h4,6,9,16H,3,5,7-8,10-13H2,1-2H3. The summed E-state index contributed by atoms with van der Waals surface area (Å²) in [6, 6.07) is 3.98. The minimum atomic E-state index is 0.246. The molecule has 1 aliphatic heterocycles. The van der Waals surface area contributed by atoms with Crippen molar-refractivity contribution in [3.63, 3.8) is 0 Å². The van der Waals surface area contributed by atoms with Crippen LogP contribution in [0.5, 0.6) is 0 Å². The lowest BCUT2D eigenvalue weighted by molar-refractivity contribution is -0.0241. The first-order valence-electron chi connectivity index (χ1n) is 7.23. The maximum atomic E-state index is 5.73. The van der Waals surface area contributed by atoms with Crippen molar-refractivity contribution >= 4 is 0 Å². The van der Waals surface area contributed by atoms with Gasteiger partial charge in [-0.1, -0.05) is 6.92 Å². The van der Waals surface area contributed by atoms with Crippen molar-refractivity contribution in [1.29, 1.82) is 0 Å². The van der Waals surface area contributed by atoms with Crippen molar-refractivity contribution in [1.82, 2.24) is 10.2 Å². The third-order valence-electron chi connectivity index (χ3n) is 3.77. The van der Waals surface area contributed by atoms with Crippen LogP contribution in [-0.4, -0.2) is 44.8 Å². The van der Waals surface area contributed by atoms with Gasteiger partial charge in [-0.3, -0.25) is 4.90 Å². The first-order chi connectivity index (χ1) is 9.24. The molecule has 0 spiro atoms. The smallest absolute Gasteiger partial charge is 0.117 e. The fourth-order valence-corrected chi connectivity index (χ4v) is 2.92. The van der Waals surface area contributed by atoms with Crippen LogP contribution in [-0.2, 0) is 11.3 Å². The van der Waals surface area contributed by atoms with Gasteiger partial charge in [0.05, 0.1) is 19.4 Å². The zero-order chi connectivity index (χ0) is 13.6. The van der Waals surface area contributed by atoms with Gasteiger partial charge in [-0.05, 0) is 38.6 Å². The van der Waals surface area contributed by atoms with E-state index < -0.39 is 0 Å². The number of hydrogen-bond donors (Lipinski definition) is 1. The van der Waals surface area contributed by atoms with E-state index in [1.165, 1.54) is 12.8 Å². The van der Waals surface area contributed by atoms with Gasteiger partial charge >= 0.3 is 0 Å². The fraction of sp³-hybridized carbons (Fsp3) is 0.733. The molecular weight excluding hydrogens is 240 g/mol. The average molecular weight is 266 g/mol. The second-order valence-corrected chi connectivity index (χ2v) is 5.69. The number of rotatable bonds is 7. The quantitative estimate of drug-likeness (QED) is 0.820. The molecule has 0 aliphatic carbocycles. The molecule has 1 atom stereocenters. The van der Waals surface area contributed by atoms with Crippen LogP contribution in [0.1, 0.15) is 25.5 Å². The number of ether oxygens (including phenoxy) is 1. The molecule has 1 aromatic heterocycles. The van der Waals surface area contributed by atoms with Gasteiger partial charge in [0.1, 0.15) is 5.76 Å². The van der Waals surface area contributed by atoms with E-state index in [1.807, 2.05) is 12.1 Å².